The Balaban J connectivity index is 1.99. The Morgan fingerprint density at radius 1 is 1.35 bits per heavy atom. The Morgan fingerprint density at radius 2 is 2.05 bits per heavy atom. The highest BCUT2D eigenvalue weighted by Gasteiger charge is 2.16. The molecule has 1 amide bonds. The van der Waals surface area contributed by atoms with Crippen LogP contribution in [0.25, 0.3) is 0 Å². The van der Waals surface area contributed by atoms with Crippen molar-refractivity contribution in [2.24, 2.45) is 0 Å². The zero-order valence-electron chi connectivity index (χ0n) is 12.3. The van der Waals surface area contributed by atoms with Gasteiger partial charge in [0.05, 0.1) is 12.7 Å². The van der Waals surface area contributed by atoms with Gasteiger partial charge in [-0.2, -0.15) is 0 Å². The molecule has 20 heavy (non-hydrogen) atoms. The van der Waals surface area contributed by atoms with Gasteiger partial charge >= 0.3 is 0 Å². The molecule has 0 aromatic heterocycles. The average molecular weight is 274 g/mol. The molecule has 1 atom stereocenters. The maximum atomic E-state index is 11.6. The van der Waals surface area contributed by atoms with Gasteiger partial charge in [0.2, 0.25) is 5.91 Å². The van der Waals surface area contributed by atoms with Gasteiger partial charge in [-0.05, 0) is 45.0 Å². The number of hydrogen-bond donors (Lipinski definition) is 1. The standard InChI is InChI=1S/C16H22N2O2/c1-12(2)10-16(19)17-14-4-6-15(7-5-14)18-8-9-20-13(3)11-18/h4-7,10,13H,8-9,11H2,1-3H3,(H,17,19). The fourth-order valence-corrected chi connectivity index (χ4v) is 2.25. The Kier molecular flexibility index (Phi) is 4.79. The van der Waals surface area contributed by atoms with Crippen LogP contribution in [0.1, 0.15) is 20.8 Å². The average Bonchev–Trinajstić information content (AvgIpc) is 2.38. The molecule has 1 N–H and O–H groups in total. The molecule has 0 spiro atoms. The number of carbonyl (C=O) groups excluding carboxylic acids is 1. The van der Waals surface area contributed by atoms with Crippen LogP contribution in [0, 0.1) is 0 Å². The van der Waals surface area contributed by atoms with Crippen molar-refractivity contribution in [1.82, 2.24) is 0 Å². The molecule has 1 aromatic carbocycles. The normalized spacial score (nSPS) is 18.6. The van der Waals surface area contributed by atoms with Crippen LogP contribution in [-0.4, -0.2) is 31.7 Å². The second kappa shape index (κ2) is 6.57. The first kappa shape index (κ1) is 14.6. The zero-order valence-corrected chi connectivity index (χ0v) is 12.3. The third-order valence-corrected chi connectivity index (χ3v) is 3.16. The van der Waals surface area contributed by atoms with Gasteiger partial charge in [0.15, 0.2) is 0 Å². The SMILES string of the molecule is CC(C)=CC(=O)Nc1ccc(N2CCOC(C)C2)cc1. The highest BCUT2D eigenvalue weighted by Crippen LogP contribution is 2.20. The first-order valence-corrected chi connectivity index (χ1v) is 6.97. The lowest BCUT2D eigenvalue weighted by Crippen LogP contribution is -2.41. The number of anilines is 2. The molecule has 1 heterocycles. The predicted molar refractivity (Wildman–Crippen MR) is 82.1 cm³/mol. The lowest BCUT2D eigenvalue weighted by molar-refractivity contribution is -0.111. The van der Waals surface area contributed by atoms with Crippen molar-refractivity contribution in [2.75, 3.05) is 29.9 Å². The minimum atomic E-state index is -0.0854. The monoisotopic (exact) mass is 274 g/mol. The van der Waals surface area contributed by atoms with E-state index < -0.39 is 0 Å². The number of amides is 1. The molecule has 108 valence electrons. The smallest absolute Gasteiger partial charge is 0.248 e. The molecule has 1 aliphatic rings. The van der Waals surface area contributed by atoms with Crippen LogP contribution >= 0.6 is 0 Å². The topological polar surface area (TPSA) is 41.6 Å². The summed E-state index contributed by atoms with van der Waals surface area (Å²) in [5, 5.41) is 2.85. The summed E-state index contributed by atoms with van der Waals surface area (Å²) in [7, 11) is 0. The second-order valence-corrected chi connectivity index (χ2v) is 5.39. The number of nitrogens with one attached hydrogen (secondary N) is 1. The number of nitrogens with zero attached hydrogens (tertiary/aromatic N) is 1. The zero-order chi connectivity index (χ0) is 14.5. The summed E-state index contributed by atoms with van der Waals surface area (Å²) in [5.41, 5.74) is 2.97. The number of carbonyl (C=O) groups is 1. The van der Waals surface area contributed by atoms with Gasteiger partial charge in [-0.25, -0.2) is 0 Å². The van der Waals surface area contributed by atoms with Gasteiger partial charge in [0.25, 0.3) is 0 Å². The number of benzene rings is 1. The Labute approximate surface area is 120 Å². The van der Waals surface area contributed by atoms with E-state index in [0.717, 1.165) is 31.0 Å². The first-order chi connectivity index (χ1) is 9.54. The predicted octanol–water partition coefficient (Wildman–Crippen LogP) is 2.82. The largest absolute Gasteiger partial charge is 0.375 e. The van der Waals surface area contributed by atoms with Crippen LogP contribution in [0.3, 0.4) is 0 Å². The van der Waals surface area contributed by atoms with Crippen LogP contribution in [0.5, 0.6) is 0 Å². The summed E-state index contributed by atoms with van der Waals surface area (Å²) in [6.45, 7) is 8.47. The van der Waals surface area contributed by atoms with Crippen molar-refractivity contribution in [2.45, 2.75) is 26.9 Å². The number of rotatable bonds is 3. The quantitative estimate of drug-likeness (QED) is 0.862. The number of hydrogen-bond acceptors (Lipinski definition) is 3. The lowest BCUT2D eigenvalue weighted by atomic mass is 10.2. The molecular formula is C16H22N2O2. The molecule has 0 saturated carbocycles. The van der Waals surface area contributed by atoms with Crippen molar-refractivity contribution >= 4 is 17.3 Å². The molecular weight excluding hydrogens is 252 g/mol. The summed E-state index contributed by atoms with van der Waals surface area (Å²) in [5.74, 6) is -0.0854. The molecule has 4 heteroatoms. The van der Waals surface area contributed by atoms with Crippen LogP contribution in [0.4, 0.5) is 11.4 Å². The van der Waals surface area contributed by atoms with Crippen LogP contribution in [0.2, 0.25) is 0 Å². The van der Waals surface area contributed by atoms with Crippen molar-refractivity contribution in [1.29, 1.82) is 0 Å². The van der Waals surface area contributed by atoms with Gasteiger partial charge in [-0.1, -0.05) is 5.57 Å². The third kappa shape index (κ3) is 4.10. The molecule has 4 nitrogen and oxygen atoms in total. The summed E-state index contributed by atoms with van der Waals surface area (Å²) in [6.07, 6.45) is 1.86. The van der Waals surface area contributed by atoms with Gasteiger partial charge in [0, 0.05) is 30.5 Å². The van der Waals surface area contributed by atoms with E-state index in [-0.39, 0.29) is 12.0 Å². The van der Waals surface area contributed by atoms with Crippen LogP contribution in [0.15, 0.2) is 35.9 Å². The van der Waals surface area contributed by atoms with E-state index in [1.54, 1.807) is 6.08 Å². The van der Waals surface area contributed by atoms with E-state index >= 15 is 0 Å². The molecule has 0 bridgehead atoms. The summed E-state index contributed by atoms with van der Waals surface area (Å²) < 4.78 is 5.54. The van der Waals surface area contributed by atoms with E-state index in [0.29, 0.717) is 0 Å². The maximum absolute atomic E-state index is 11.6. The molecule has 1 aliphatic heterocycles. The molecule has 1 saturated heterocycles. The van der Waals surface area contributed by atoms with Crippen molar-refractivity contribution < 1.29 is 9.53 Å². The molecule has 0 aliphatic carbocycles. The Bertz CT molecular complexity index is 490. The molecule has 2 rings (SSSR count). The Hall–Kier alpha value is -1.81. The van der Waals surface area contributed by atoms with Crippen molar-refractivity contribution in [3.05, 3.63) is 35.9 Å². The van der Waals surface area contributed by atoms with Crippen LogP contribution < -0.4 is 10.2 Å². The molecule has 1 unspecified atom stereocenters. The summed E-state index contributed by atoms with van der Waals surface area (Å²) in [6, 6.07) is 7.95. The number of allylic oxidation sites excluding steroid dienone is 1. The number of morpholine rings is 1. The lowest BCUT2D eigenvalue weighted by Gasteiger charge is -2.33. The maximum Gasteiger partial charge on any atom is 0.248 e. The fourth-order valence-electron chi connectivity index (χ4n) is 2.25. The third-order valence-electron chi connectivity index (χ3n) is 3.16. The van der Waals surface area contributed by atoms with E-state index in [2.05, 4.69) is 17.1 Å². The Morgan fingerprint density at radius 3 is 2.65 bits per heavy atom. The van der Waals surface area contributed by atoms with Crippen molar-refractivity contribution in [3.63, 3.8) is 0 Å². The van der Waals surface area contributed by atoms with Gasteiger partial charge in [0.1, 0.15) is 0 Å². The minimum absolute atomic E-state index is 0.0854. The summed E-state index contributed by atoms with van der Waals surface area (Å²) >= 11 is 0. The van der Waals surface area contributed by atoms with E-state index in [1.165, 1.54) is 5.69 Å². The second-order valence-electron chi connectivity index (χ2n) is 5.39. The van der Waals surface area contributed by atoms with E-state index in [9.17, 15) is 4.79 Å². The van der Waals surface area contributed by atoms with Gasteiger partial charge in [-0.3, -0.25) is 4.79 Å². The molecule has 0 radical (unpaired) electrons. The number of ether oxygens (including phenoxy) is 1. The van der Waals surface area contributed by atoms with E-state index in [4.69, 9.17) is 4.74 Å². The highest BCUT2D eigenvalue weighted by molar-refractivity contribution is 5.99. The van der Waals surface area contributed by atoms with Gasteiger partial charge in [-0.15, -0.1) is 0 Å². The highest BCUT2D eigenvalue weighted by atomic mass is 16.5. The van der Waals surface area contributed by atoms with Gasteiger partial charge < -0.3 is 15.0 Å². The summed E-state index contributed by atoms with van der Waals surface area (Å²) in [4.78, 5) is 13.9. The van der Waals surface area contributed by atoms with E-state index in [1.807, 2.05) is 38.1 Å². The minimum Gasteiger partial charge on any atom is -0.375 e. The van der Waals surface area contributed by atoms with Crippen molar-refractivity contribution in [3.8, 4) is 0 Å². The molecule has 1 aromatic rings. The molecule has 1 fully saturated rings. The first-order valence-electron chi connectivity index (χ1n) is 6.97. The fraction of sp³-hybridized carbons (Fsp3) is 0.438. The van der Waals surface area contributed by atoms with Crippen LogP contribution in [-0.2, 0) is 9.53 Å².